The number of guanidine groups is 1. The lowest BCUT2D eigenvalue weighted by Crippen LogP contribution is -2.44. The molecule has 7 nitrogen and oxygen atoms in total. The quantitative estimate of drug-likeness (QED) is 0.441. The number of rotatable bonds is 9. The standard InChI is InChI=1S/C21H35N3O4/c1-5-22-20(24-15-21(26-4)9-11-27-12-10-21)23-14-19(25)17-7-6-8-18(13-17)28-16(2)3/h6-8,13,16,19,25H,5,9-12,14-15H2,1-4H3,(H2,22,23,24). The SMILES string of the molecule is CCNC(=NCC1(OC)CCOCC1)NCC(O)c1cccc(OC(C)C)c1. The molecule has 1 aromatic carbocycles. The number of ether oxygens (including phenoxy) is 3. The van der Waals surface area contributed by atoms with Crippen molar-refractivity contribution in [2.24, 2.45) is 4.99 Å². The van der Waals surface area contributed by atoms with Crippen LogP contribution in [0.15, 0.2) is 29.3 Å². The van der Waals surface area contributed by atoms with Crippen LogP contribution in [0.5, 0.6) is 5.75 Å². The first-order valence-corrected chi connectivity index (χ1v) is 10.1. The Hall–Kier alpha value is -1.83. The number of aliphatic hydroxyl groups is 1. The van der Waals surface area contributed by atoms with Gasteiger partial charge in [-0.15, -0.1) is 0 Å². The maximum absolute atomic E-state index is 10.6. The summed E-state index contributed by atoms with van der Waals surface area (Å²) in [5, 5.41) is 17.0. The second kappa shape index (κ2) is 11.2. The molecule has 0 saturated carbocycles. The fourth-order valence-electron chi connectivity index (χ4n) is 3.11. The van der Waals surface area contributed by atoms with Gasteiger partial charge in [-0.25, -0.2) is 0 Å². The number of methoxy groups -OCH3 is 1. The number of hydrogen-bond acceptors (Lipinski definition) is 5. The molecular formula is C21H35N3O4. The predicted molar refractivity (Wildman–Crippen MR) is 111 cm³/mol. The second-order valence-corrected chi connectivity index (χ2v) is 7.33. The molecular weight excluding hydrogens is 358 g/mol. The molecule has 3 N–H and O–H groups in total. The summed E-state index contributed by atoms with van der Waals surface area (Å²) in [5.74, 6) is 1.42. The fourth-order valence-corrected chi connectivity index (χ4v) is 3.11. The number of nitrogens with one attached hydrogen (secondary N) is 2. The zero-order valence-corrected chi connectivity index (χ0v) is 17.5. The summed E-state index contributed by atoms with van der Waals surface area (Å²) in [6, 6.07) is 7.56. The molecule has 1 saturated heterocycles. The minimum Gasteiger partial charge on any atom is -0.491 e. The van der Waals surface area contributed by atoms with E-state index in [2.05, 4.69) is 15.6 Å². The summed E-state index contributed by atoms with van der Waals surface area (Å²) in [5.41, 5.74) is 0.529. The fraction of sp³-hybridized carbons (Fsp3) is 0.667. The lowest BCUT2D eigenvalue weighted by Gasteiger charge is -2.34. The van der Waals surface area contributed by atoms with E-state index in [1.807, 2.05) is 45.0 Å². The van der Waals surface area contributed by atoms with Crippen molar-refractivity contribution in [3.8, 4) is 5.75 Å². The van der Waals surface area contributed by atoms with E-state index in [1.54, 1.807) is 7.11 Å². The average molecular weight is 394 g/mol. The van der Waals surface area contributed by atoms with E-state index in [1.165, 1.54) is 0 Å². The topological polar surface area (TPSA) is 84.3 Å². The predicted octanol–water partition coefficient (Wildman–Crippen LogP) is 2.26. The second-order valence-electron chi connectivity index (χ2n) is 7.33. The van der Waals surface area contributed by atoms with Gasteiger partial charge in [0.25, 0.3) is 0 Å². The van der Waals surface area contributed by atoms with Crippen molar-refractivity contribution in [1.82, 2.24) is 10.6 Å². The first-order chi connectivity index (χ1) is 13.5. The van der Waals surface area contributed by atoms with Gasteiger partial charge < -0.3 is 30.0 Å². The van der Waals surface area contributed by atoms with Gasteiger partial charge in [0.2, 0.25) is 0 Å². The van der Waals surface area contributed by atoms with Crippen molar-refractivity contribution in [3.63, 3.8) is 0 Å². The lowest BCUT2D eigenvalue weighted by atomic mass is 9.94. The van der Waals surface area contributed by atoms with Crippen LogP contribution >= 0.6 is 0 Å². The summed E-state index contributed by atoms with van der Waals surface area (Å²) in [6.45, 7) is 9.01. The number of aliphatic imine (C=N–C) groups is 1. The minimum atomic E-state index is -0.668. The van der Waals surface area contributed by atoms with E-state index >= 15 is 0 Å². The Balaban J connectivity index is 1.96. The van der Waals surface area contributed by atoms with Gasteiger partial charge >= 0.3 is 0 Å². The first-order valence-electron chi connectivity index (χ1n) is 10.1. The third-order valence-electron chi connectivity index (χ3n) is 4.78. The molecule has 1 heterocycles. The first kappa shape index (κ1) is 22.5. The highest BCUT2D eigenvalue weighted by Crippen LogP contribution is 2.24. The van der Waals surface area contributed by atoms with Crippen molar-refractivity contribution >= 4 is 5.96 Å². The summed E-state index contributed by atoms with van der Waals surface area (Å²) in [6.07, 6.45) is 1.09. The number of aliphatic hydroxyl groups excluding tert-OH is 1. The van der Waals surface area contributed by atoms with Crippen LogP contribution in [0.3, 0.4) is 0 Å². The van der Waals surface area contributed by atoms with Crippen molar-refractivity contribution in [3.05, 3.63) is 29.8 Å². The van der Waals surface area contributed by atoms with Gasteiger partial charge in [0.15, 0.2) is 5.96 Å². The monoisotopic (exact) mass is 393 g/mol. The van der Waals surface area contributed by atoms with Gasteiger partial charge in [-0.05, 0) is 38.5 Å². The normalized spacial score (nSPS) is 18.0. The molecule has 28 heavy (non-hydrogen) atoms. The molecule has 7 heteroatoms. The van der Waals surface area contributed by atoms with E-state index in [9.17, 15) is 5.11 Å². The van der Waals surface area contributed by atoms with Crippen LogP contribution in [0.25, 0.3) is 0 Å². The van der Waals surface area contributed by atoms with Gasteiger partial charge in [-0.2, -0.15) is 0 Å². The highest BCUT2D eigenvalue weighted by molar-refractivity contribution is 5.79. The Morgan fingerprint density at radius 2 is 2.04 bits per heavy atom. The minimum absolute atomic E-state index is 0.0938. The van der Waals surface area contributed by atoms with Crippen molar-refractivity contribution in [1.29, 1.82) is 0 Å². The highest BCUT2D eigenvalue weighted by atomic mass is 16.5. The maximum Gasteiger partial charge on any atom is 0.191 e. The van der Waals surface area contributed by atoms with Crippen molar-refractivity contribution < 1.29 is 19.3 Å². The lowest BCUT2D eigenvalue weighted by molar-refractivity contribution is -0.0828. The Morgan fingerprint density at radius 3 is 2.68 bits per heavy atom. The summed E-state index contributed by atoms with van der Waals surface area (Å²) in [7, 11) is 1.73. The Labute approximate surface area is 168 Å². The average Bonchev–Trinajstić information content (AvgIpc) is 2.70. The Bertz CT molecular complexity index is 615. The molecule has 1 aliphatic heterocycles. The van der Waals surface area contributed by atoms with Crippen LogP contribution in [0, 0.1) is 0 Å². The molecule has 1 aliphatic rings. The summed E-state index contributed by atoms with van der Waals surface area (Å²) < 4.78 is 16.9. The van der Waals surface area contributed by atoms with E-state index in [4.69, 9.17) is 14.2 Å². The van der Waals surface area contributed by atoms with Crippen LogP contribution in [0.2, 0.25) is 0 Å². The van der Waals surface area contributed by atoms with E-state index < -0.39 is 6.10 Å². The van der Waals surface area contributed by atoms with Gasteiger partial charge in [-0.3, -0.25) is 4.99 Å². The van der Waals surface area contributed by atoms with E-state index in [0.717, 1.165) is 30.7 Å². The molecule has 1 aromatic rings. The molecule has 1 atom stereocenters. The molecule has 1 unspecified atom stereocenters. The Morgan fingerprint density at radius 1 is 1.29 bits per heavy atom. The molecule has 0 amide bonds. The van der Waals surface area contributed by atoms with Gasteiger partial charge in [0, 0.05) is 46.3 Å². The zero-order valence-electron chi connectivity index (χ0n) is 17.5. The molecule has 0 spiro atoms. The van der Waals surface area contributed by atoms with Crippen LogP contribution in [0.4, 0.5) is 0 Å². The van der Waals surface area contributed by atoms with Crippen LogP contribution in [0.1, 0.15) is 45.3 Å². The maximum atomic E-state index is 10.6. The van der Waals surface area contributed by atoms with E-state index in [-0.39, 0.29) is 11.7 Å². The molecule has 2 rings (SSSR count). The third kappa shape index (κ3) is 6.96. The smallest absolute Gasteiger partial charge is 0.191 e. The van der Waals surface area contributed by atoms with Gasteiger partial charge in [0.05, 0.1) is 24.4 Å². The number of benzene rings is 1. The molecule has 0 aromatic heterocycles. The summed E-state index contributed by atoms with van der Waals surface area (Å²) in [4.78, 5) is 4.68. The Kier molecular flexibility index (Phi) is 9.02. The summed E-state index contributed by atoms with van der Waals surface area (Å²) >= 11 is 0. The van der Waals surface area contributed by atoms with Crippen LogP contribution in [-0.2, 0) is 9.47 Å². The van der Waals surface area contributed by atoms with Gasteiger partial charge in [-0.1, -0.05) is 12.1 Å². The molecule has 158 valence electrons. The van der Waals surface area contributed by atoms with Crippen LogP contribution < -0.4 is 15.4 Å². The number of nitrogens with zero attached hydrogens (tertiary/aromatic N) is 1. The van der Waals surface area contributed by atoms with Crippen molar-refractivity contribution in [2.45, 2.75) is 51.4 Å². The molecule has 1 fully saturated rings. The van der Waals surface area contributed by atoms with E-state index in [0.29, 0.717) is 32.3 Å². The zero-order chi connectivity index (χ0) is 20.4. The molecule has 0 radical (unpaired) electrons. The number of hydrogen-bond donors (Lipinski definition) is 3. The van der Waals surface area contributed by atoms with Gasteiger partial charge in [0.1, 0.15) is 5.75 Å². The van der Waals surface area contributed by atoms with Crippen molar-refractivity contribution in [2.75, 3.05) is 40.0 Å². The van der Waals surface area contributed by atoms with Crippen LogP contribution in [-0.4, -0.2) is 62.7 Å². The third-order valence-corrected chi connectivity index (χ3v) is 4.78. The largest absolute Gasteiger partial charge is 0.491 e. The molecule has 0 bridgehead atoms. The molecule has 0 aliphatic carbocycles. The highest BCUT2D eigenvalue weighted by Gasteiger charge is 2.32.